The summed E-state index contributed by atoms with van der Waals surface area (Å²) in [5.41, 5.74) is 5.57. The molecular weight excluding hydrogens is 356 g/mol. The van der Waals surface area contributed by atoms with Crippen LogP contribution in [-0.2, 0) is 4.79 Å². The molecule has 1 amide bonds. The molecule has 0 atom stereocenters. The lowest BCUT2D eigenvalue weighted by Gasteiger charge is -2.13. The van der Waals surface area contributed by atoms with E-state index in [1.807, 2.05) is 37.3 Å². The summed E-state index contributed by atoms with van der Waals surface area (Å²) in [6.07, 6.45) is 2.32. The molecule has 6 nitrogen and oxygen atoms in total. The van der Waals surface area contributed by atoms with Gasteiger partial charge in [-0.2, -0.15) is 5.10 Å². The van der Waals surface area contributed by atoms with Crippen molar-refractivity contribution < 1.29 is 19.0 Å². The molecule has 0 unspecified atom stereocenters. The Morgan fingerprint density at radius 1 is 1.04 bits per heavy atom. The summed E-state index contributed by atoms with van der Waals surface area (Å²) >= 11 is 0. The van der Waals surface area contributed by atoms with E-state index in [-0.39, 0.29) is 5.91 Å². The molecule has 6 heteroatoms. The lowest BCUT2D eigenvalue weighted by molar-refractivity contribution is -0.118. The van der Waals surface area contributed by atoms with Crippen LogP contribution >= 0.6 is 0 Å². The number of nitrogens with zero attached hydrogens (tertiary/aromatic N) is 1. The van der Waals surface area contributed by atoms with Gasteiger partial charge >= 0.3 is 0 Å². The first-order chi connectivity index (χ1) is 13.5. The molecule has 0 aliphatic heterocycles. The highest BCUT2D eigenvalue weighted by molar-refractivity contribution is 5.82. The maximum Gasteiger partial charge on any atom is 0.236 e. The van der Waals surface area contributed by atoms with E-state index < -0.39 is 0 Å². The Labute approximate surface area is 166 Å². The number of nitrogens with one attached hydrogen (secondary N) is 1. The number of rotatable bonds is 10. The monoisotopic (exact) mass is 384 g/mol. The number of ether oxygens (including phenoxy) is 3. The number of carbonyl (C=O) groups excluding carboxylic acids is 1. The van der Waals surface area contributed by atoms with E-state index in [1.54, 1.807) is 6.21 Å². The van der Waals surface area contributed by atoms with E-state index in [2.05, 4.69) is 30.4 Å². The quantitative estimate of drug-likeness (QED) is 0.382. The number of hydrogen-bond donors (Lipinski definition) is 1. The number of benzene rings is 2. The average molecular weight is 384 g/mol. The van der Waals surface area contributed by atoms with E-state index in [0.29, 0.717) is 31.3 Å². The highest BCUT2D eigenvalue weighted by Gasteiger charge is 2.07. The molecule has 2 aromatic carbocycles. The molecule has 1 N–H and O–H groups in total. The molecule has 0 fully saturated rings. The smallest absolute Gasteiger partial charge is 0.236 e. The maximum atomic E-state index is 10.9. The summed E-state index contributed by atoms with van der Waals surface area (Å²) in [7, 11) is 0. The molecule has 28 heavy (non-hydrogen) atoms. The van der Waals surface area contributed by atoms with Gasteiger partial charge in [-0.3, -0.25) is 4.79 Å². The summed E-state index contributed by atoms with van der Waals surface area (Å²) < 4.78 is 17.4. The van der Waals surface area contributed by atoms with E-state index >= 15 is 0 Å². The van der Waals surface area contributed by atoms with E-state index in [0.717, 1.165) is 17.7 Å². The Bertz CT molecular complexity index is 818. The molecule has 2 rings (SSSR count). The van der Waals surface area contributed by atoms with Gasteiger partial charge in [-0.1, -0.05) is 12.1 Å². The lowest BCUT2D eigenvalue weighted by Crippen LogP contribution is -2.12. The van der Waals surface area contributed by atoms with Crippen LogP contribution in [0.1, 0.15) is 37.0 Å². The van der Waals surface area contributed by atoms with Gasteiger partial charge in [0.25, 0.3) is 0 Å². The van der Waals surface area contributed by atoms with E-state index in [1.165, 1.54) is 18.1 Å². The highest BCUT2D eigenvalue weighted by atomic mass is 16.5. The molecule has 0 saturated heterocycles. The van der Waals surface area contributed by atoms with Crippen LogP contribution in [0.3, 0.4) is 0 Å². The zero-order chi connectivity index (χ0) is 20.4. The minimum atomic E-state index is -0.218. The van der Waals surface area contributed by atoms with Crippen LogP contribution in [0.5, 0.6) is 17.2 Å². The normalized spacial score (nSPS) is 10.7. The van der Waals surface area contributed by atoms with Crippen molar-refractivity contribution in [3.05, 3.63) is 53.1 Å². The number of aryl methyl sites for hydroxylation is 1. The van der Waals surface area contributed by atoms with Gasteiger partial charge in [-0.25, -0.2) is 5.43 Å². The van der Waals surface area contributed by atoms with Gasteiger partial charge in [0.15, 0.2) is 11.5 Å². The largest absolute Gasteiger partial charge is 0.493 e. The Hall–Kier alpha value is -3.02. The molecule has 0 saturated carbocycles. The van der Waals surface area contributed by atoms with Gasteiger partial charge in [0, 0.05) is 13.3 Å². The molecule has 0 aromatic heterocycles. The first-order valence-electron chi connectivity index (χ1n) is 9.39. The molecule has 150 valence electrons. The fourth-order valence-electron chi connectivity index (χ4n) is 2.49. The van der Waals surface area contributed by atoms with E-state index in [9.17, 15) is 4.79 Å². The summed E-state index contributed by atoms with van der Waals surface area (Å²) in [4.78, 5) is 10.9. The standard InChI is InChI=1S/C22H28N2O4/c1-5-26-22-14-19(15-23-24-18(4)25)10-11-21(22)28-13-7-12-27-20-9-6-8-16(2)17(20)3/h6,8-11,14-15H,5,7,12-13H2,1-4H3,(H,24,25)/b23-15+. The van der Waals surface area contributed by atoms with Crippen LogP contribution in [0.15, 0.2) is 41.5 Å². The third-order valence-electron chi connectivity index (χ3n) is 4.06. The topological polar surface area (TPSA) is 69.2 Å². The van der Waals surface area contributed by atoms with Gasteiger partial charge in [0.1, 0.15) is 5.75 Å². The van der Waals surface area contributed by atoms with Crippen molar-refractivity contribution in [3.8, 4) is 17.2 Å². The Balaban J connectivity index is 1.87. The minimum absolute atomic E-state index is 0.218. The fraction of sp³-hybridized carbons (Fsp3) is 0.364. The number of amides is 1. The molecule has 0 spiro atoms. The molecule has 0 radical (unpaired) electrons. The van der Waals surface area contributed by atoms with Gasteiger partial charge in [-0.15, -0.1) is 0 Å². The summed E-state index contributed by atoms with van der Waals surface area (Å²) in [6, 6.07) is 11.6. The van der Waals surface area contributed by atoms with Crippen molar-refractivity contribution in [2.75, 3.05) is 19.8 Å². The predicted octanol–water partition coefficient (Wildman–Crippen LogP) is 4.02. The maximum absolute atomic E-state index is 10.9. The van der Waals surface area contributed by atoms with Crippen LogP contribution in [-0.4, -0.2) is 31.9 Å². The molecule has 0 aliphatic rings. The van der Waals surface area contributed by atoms with Crippen molar-refractivity contribution in [2.45, 2.75) is 34.1 Å². The first kappa shape index (κ1) is 21.3. The summed E-state index contributed by atoms with van der Waals surface area (Å²) in [5, 5.41) is 3.86. The average Bonchev–Trinajstić information content (AvgIpc) is 2.66. The fourth-order valence-corrected chi connectivity index (χ4v) is 2.49. The van der Waals surface area contributed by atoms with Gasteiger partial charge in [0.2, 0.25) is 5.91 Å². The molecule has 0 heterocycles. The van der Waals surface area contributed by atoms with Crippen LogP contribution in [0, 0.1) is 13.8 Å². The number of carbonyl (C=O) groups is 1. The highest BCUT2D eigenvalue weighted by Crippen LogP contribution is 2.28. The Kier molecular flexibility index (Phi) is 8.34. The van der Waals surface area contributed by atoms with Gasteiger partial charge in [-0.05, 0) is 61.7 Å². The predicted molar refractivity (Wildman–Crippen MR) is 111 cm³/mol. The molecule has 0 bridgehead atoms. The zero-order valence-corrected chi connectivity index (χ0v) is 17.0. The lowest BCUT2D eigenvalue weighted by atomic mass is 10.1. The summed E-state index contributed by atoms with van der Waals surface area (Å²) in [5.74, 6) is 2.01. The zero-order valence-electron chi connectivity index (χ0n) is 17.0. The first-order valence-corrected chi connectivity index (χ1v) is 9.39. The summed E-state index contributed by atoms with van der Waals surface area (Å²) in [6.45, 7) is 9.08. The molecular formula is C22H28N2O4. The van der Waals surface area contributed by atoms with E-state index in [4.69, 9.17) is 14.2 Å². The van der Waals surface area contributed by atoms with Crippen molar-refractivity contribution in [3.63, 3.8) is 0 Å². The van der Waals surface area contributed by atoms with Gasteiger partial charge < -0.3 is 14.2 Å². The third-order valence-corrected chi connectivity index (χ3v) is 4.06. The SMILES string of the molecule is CCOc1cc(/C=N/NC(C)=O)ccc1OCCCOc1cccc(C)c1C. The van der Waals surface area contributed by atoms with Crippen LogP contribution < -0.4 is 19.6 Å². The molecule has 2 aromatic rings. The van der Waals surface area contributed by atoms with Crippen LogP contribution in [0.25, 0.3) is 0 Å². The van der Waals surface area contributed by atoms with Crippen molar-refractivity contribution >= 4 is 12.1 Å². The molecule has 0 aliphatic carbocycles. The second-order valence-electron chi connectivity index (χ2n) is 6.31. The number of hydrogen-bond acceptors (Lipinski definition) is 5. The Morgan fingerprint density at radius 2 is 1.79 bits per heavy atom. The van der Waals surface area contributed by atoms with Crippen LogP contribution in [0.4, 0.5) is 0 Å². The van der Waals surface area contributed by atoms with Crippen molar-refractivity contribution in [1.29, 1.82) is 0 Å². The van der Waals surface area contributed by atoms with Crippen molar-refractivity contribution in [2.24, 2.45) is 5.10 Å². The number of hydrazone groups is 1. The van der Waals surface area contributed by atoms with Crippen molar-refractivity contribution in [1.82, 2.24) is 5.43 Å². The second-order valence-corrected chi connectivity index (χ2v) is 6.31. The van der Waals surface area contributed by atoms with Gasteiger partial charge in [0.05, 0.1) is 26.0 Å². The van der Waals surface area contributed by atoms with Crippen LogP contribution in [0.2, 0.25) is 0 Å². The third kappa shape index (κ3) is 6.61. The Morgan fingerprint density at radius 3 is 2.50 bits per heavy atom. The minimum Gasteiger partial charge on any atom is -0.493 e. The second kappa shape index (κ2) is 11.0.